The monoisotopic (exact) mass is 172 g/mol. The normalized spacial score (nSPS) is 30.5. The molecule has 0 bridgehead atoms. The number of hydrogen-bond acceptors (Lipinski definition) is 0. The van der Waals surface area contributed by atoms with E-state index in [2.05, 4.69) is 56.4 Å². The van der Waals surface area contributed by atoms with Gasteiger partial charge in [0.15, 0.2) is 0 Å². The second-order valence-corrected chi connectivity index (χ2v) is 4.10. The van der Waals surface area contributed by atoms with Gasteiger partial charge in [0, 0.05) is 11.8 Å². The highest BCUT2D eigenvalue weighted by Gasteiger charge is 2.18. The van der Waals surface area contributed by atoms with Crippen LogP contribution >= 0.6 is 0 Å². The molecule has 2 atom stereocenters. The van der Waals surface area contributed by atoms with E-state index in [0.717, 1.165) is 0 Å². The highest BCUT2D eigenvalue weighted by molar-refractivity contribution is 5.34. The van der Waals surface area contributed by atoms with Crippen LogP contribution in [0.15, 0.2) is 48.1 Å². The predicted molar refractivity (Wildman–Crippen MR) is 57.3 cm³/mol. The first-order valence-electron chi connectivity index (χ1n) is 5.02. The lowest BCUT2D eigenvalue weighted by atomic mass is 9.81. The number of fused-ring (bicyclic) bond motifs is 1. The van der Waals surface area contributed by atoms with Gasteiger partial charge in [-0.15, -0.1) is 0 Å². The smallest absolute Gasteiger partial charge is 0.00534 e. The topological polar surface area (TPSA) is 0 Å². The van der Waals surface area contributed by atoms with Gasteiger partial charge in [-0.25, -0.2) is 0 Å². The maximum absolute atomic E-state index is 2.40. The lowest BCUT2D eigenvalue weighted by Crippen LogP contribution is -2.13. The van der Waals surface area contributed by atoms with E-state index in [1.165, 1.54) is 5.57 Å². The van der Waals surface area contributed by atoms with Crippen LogP contribution in [0, 0.1) is 17.8 Å². The Hall–Kier alpha value is -1.04. The van der Waals surface area contributed by atoms with Crippen LogP contribution in [0.25, 0.3) is 0 Å². The minimum absolute atomic E-state index is 0.604. The van der Waals surface area contributed by atoms with Crippen molar-refractivity contribution in [2.24, 2.45) is 17.8 Å². The number of rotatable bonds is 1. The summed E-state index contributed by atoms with van der Waals surface area (Å²) < 4.78 is 0. The average molecular weight is 172 g/mol. The third kappa shape index (κ3) is 1.67. The summed E-state index contributed by atoms with van der Waals surface area (Å²) in [6, 6.07) is 0. The van der Waals surface area contributed by atoms with Crippen LogP contribution in [0.3, 0.4) is 0 Å². The van der Waals surface area contributed by atoms with Crippen LogP contribution < -0.4 is 0 Å². The van der Waals surface area contributed by atoms with Gasteiger partial charge in [-0.05, 0) is 11.5 Å². The van der Waals surface area contributed by atoms with E-state index in [9.17, 15) is 0 Å². The number of allylic oxidation sites excluding steroid dienone is 8. The van der Waals surface area contributed by atoms with Crippen LogP contribution in [0.4, 0.5) is 0 Å². The third-order valence-corrected chi connectivity index (χ3v) is 2.78. The maximum Gasteiger partial charge on any atom is 0.00534 e. The molecule has 68 valence electrons. The fourth-order valence-electron chi connectivity index (χ4n) is 1.89. The van der Waals surface area contributed by atoms with E-state index in [4.69, 9.17) is 0 Å². The van der Waals surface area contributed by atoms with Crippen molar-refractivity contribution in [1.82, 2.24) is 0 Å². The summed E-state index contributed by atoms with van der Waals surface area (Å²) in [4.78, 5) is 0. The molecule has 2 unspecified atom stereocenters. The van der Waals surface area contributed by atoms with Gasteiger partial charge >= 0.3 is 0 Å². The summed E-state index contributed by atoms with van der Waals surface area (Å²) >= 11 is 0. The van der Waals surface area contributed by atoms with E-state index in [1.807, 2.05) is 0 Å². The molecule has 2 rings (SSSR count). The van der Waals surface area contributed by atoms with Crippen molar-refractivity contribution >= 4 is 0 Å². The zero-order chi connectivity index (χ0) is 9.26. The van der Waals surface area contributed by atoms with E-state index in [0.29, 0.717) is 17.8 Å². The number of hydrogen-bond donors (Lipinski definition) is 0. The molecule has 0 spiro atoms. The fourth-order valence-corrected chi connectivity index (χ4v) is 1.89. The van der Waals surface area contributed by atoms with Crippen molar-refractivity contribution in [3.8, 4) is 0 Å². The van der Waals surface area contributed by atoms with Crippen molar-refractivity contribution in [3.05, 3.63) is 48.1 Å². The quantitative estimate of drug-likeness (QED) is 0.568. The van der Waals surface area contributed by atoms with Gasteiger partial charge in [0.1, 0.15) is 0 Å². The first-order valence-corrected chi connectivity index (χ1v) is 5.02. The molecule has 2 aliphatic carbocycles. The van der Waals surface area contributed by atoms with Gasteiger partial charge in [-0.3, -0.25) is 0 Å². The molecule has 0 aliphatic heterocycles. The van der Waals surface area contributed by atoms with Crippen molar-refractivity contribution in [2.45, 2.75) is 13.8 Å². The molecule has 13 heavy (non-hydrogen) atoms. The molecule has 0 N–H and O–H groups in total. The summed E-state index contributed by atoms with van der Waals surface area (Å²) in [6.45, 7) is 4.50. The molecule has 0 heteroatoms. The van der Waals surface area contributed by atoms with Crippen LogP contribution in [-0.4, -0.2) is 0 Å². The molecule has 0 aromatic carbocycles. The first-order chi connectivity index (χ1) is 6.27. The highest BCUT2D eigenvalue weighted by atomic mass is 14.2. The van der Waals surface area contributed by atoms with Crippen LogP contribution in [0.1, 0.15) is 13.8 Å². The van der Waals surface area contributed by atoms with Gasteiger partial charge in [0.2, 0.25) is 0 Å². The molecule has 0 radical (unpaired) electrons. The molecule has 0 saturated carbocycles. The third-order valence-electron chi connectivity index (χ3n) is 2.78. The molecule has 0 fully saturated rings. The van der Waals surface area contributed by atoms with Gasteiger partial charge in [-0.2, -0.15) is 0 Å². The second-order valence-electron chi connectivity index (χ2n) is 4.10. The Morgan fingerprint density at radius 1 is 1.00 bits per heavy atom. The summed E-state index contributed by atoms with van der Waals surface area (Å²) in [6.07, 6.45) is 15.8. The zero-order valence-electron chi connectivity index (χ0n) is 8.27. The summed E-state index contributed by atoms with van der Waals surface area (Å²) in [7, 11) is 0. The molecule has 2 aliphatic rings. The van der Waals surface area contributed by atoms with E-state index in [-0.39, 0.29) is 0 Å². The van der Waals surface area contributed by atoms with Crippen LogP contribution in [0.2, 0.25) is 0 Å². The minimum Gasteiger partial charge on any atom is -0.0767 e. The molecular weight excluding hydrogens is 156 g/mol. The molecule has 0 heterocycles. The Bertz CT molecular complexity index is 300. The van der Waals surface area contributed by atoms with Crippen molar-refractivity contribution in [1.29, 1.82) is 0 Å². The molecule has 0 amide bonds. The van der Waals surface area contributed by atoms with Crippen LogP contribution in [-0.2, 0) is 0 Å². The van der Waals surface area contributed by atoms with Crippen molar-refractivity contribution in [2.75, 3.05) is 0 Å². The SMILES string of the molecule is CC(C)C1=CC2C=CC=CC2C=C1. The standard InChI is InChI=1S/C13H16/c1-10(2)12-8-7-11-5-3-4-6-13(11)9-12/h3-11,13H,1-2H3. The van der Waals surface area contributed by atoms with E-state index < -0.39 is 0 Å². The van der Waals surface area contributed by atoms with Crippen molar-refractivity contribution in [3.63, 3.8) is 0 Å². The van der Waals surface area contributed by atoms with Gasteiger partial charge in [0.25, 0.3) is 0 Å². The Morgan fingerprint density at radius 3 is 2.38 bits per heavy atom. The molecular formula is C13H16. The Kier molecular flexibility index (Phi) is 2.22. The second kappa shape index (κ2) is 3.37. The zero-order valence-corrected chi connectivity index (χ0v) is 8.27. The summed E-state index contributed by atoms with van der Waals surface area (Å²) in [5.41, 5.74) is 1.47. The highest BCUT2D eigenvalue weighted by Crippen LogP contribution is 2.30. The lowest BCUT2D eigenvalue weighted by Gasteiger charge is -2.24. The van der Waals surface area contributed by atoms with Gasteiger partial charge in [-0.1, -0.05) is 56.4 Å². The predicted octanol–water partition coefficient (Wildman–Crippen LogP) is 3.50. The Labute approximate surface area is 80.3 Å². The Balaban J connectivity index is 2.22. The summed E-state index contributed by atoms with van der Waals surface area (Å²) in [5.74, 6) is 1.86. The molecule has 0 saturated heterocycles. The van der Waals surface area contributed by atoms with Gasteiger partial charge < -0.3 is 0 Å². The van der Waals surface area contributed by atoms with E-state index in [1.54, 1.807) is 0 Å². The molecule has 0 aromatic rings. The fraction of sp³-hybridized carbons (Fsp3) is 0.385. The van der Waals surface area contributed by atoms with Crippen molar-refractivity contribution < 1.29 is 0 Å². The maximum atomic E-state index is 2.40. The summed E-state index contributed by atoms with van der Waals surface area (Å²) in [5, 5.41) is 0. The van der Waals surface area contributed by atoms with E-state index >= 15 is 0 Å². The first kappa shape index (κ1) is 8.55. The minimum atomic E-state index is 0.604. The average Bonchev–Trinajstić information content (AvgIpc) is 2.17. The molecule has 0 aromatic heterocycles. The largest absolute Gasteiger partial charge is 0.0767 e. The molecule has 0 nitrogen and oxygen atoms in total. The Morgan fingerprint density at radius 2 is 1.69 bits per heavy atom. The van der Waals surface area contributed by atoms with Gasteiger partial charge in [0.05, 0.1) is 0 Å². The van der Waals surface area contributed by atoms with Crippen LogP contribution in [0.5, 0.6) is 0 Å². The lowest BCUT2D eigenvalue weighted by molar-refractivity contribution is 0.635.